The molecule has 0 heterocycles. The van der Waals surface area contributed by atoms with Gasteiger partial charge in [0.25, 0.3) is 0 Å². The minimum Gasteiger partial charge on any atom is -0.308 e. The van der Waals surface area contributed by atoms with Crippen molar-refractivity contribution < 1.29 is 9.18 Å². The minimum absolute atomic E-state index is 0.413. The SMILES string of the molecule is CN(C(=O)Nc1cccc(Cl)c1)C(F)C(Cl)(Cl)Cl. The van der Waals surface area contributed by atoms with Crippen LogP contribution < -0.4 is 5.32 Å². The Morgan fingerprint density at radius 1 is 1.44 bits per heavy atom. The van der Waals surface area contributed by atoms with Gasteiger partial charge in [0.15, 0.2) is 0 Å². The highest BCUT2D eigenvalue weighted by atomic mass is 35.6. The molecule has 0 saturated heterocycles. The van der Waals surface area contributed by atoms with E-state index in [0.717, 1.165) is 0 Å². The molecule has 2 amide bonds. The van der Waals surface area contributed by atoms with Gasteiger partial charge in [-0.25, -0.2) is 9.18 Å². The van der Waals surface area contributed by atoms with Gasteiger partial charge in [-0.1, -0.05) is 52.5 Å². The summed E-state index contributed by atoms with van der Waals surface area (Å²) in [6.07, 6.45) is -2.07. The highest BCUT2D eigenvalue weighted by Crippen LogP contribution is 2.34. The average molecular weight is 334 g/mol. The molecule has 0 aliphatic carbocycles. The summed E-state index contributed by atoms with van der Waals surface area (Å²) < 4.78 is 11.4. The molecule has 1 aromatic rings. The number of hydrogen-bond acceptors (Lipinski definition) is 1. The van der Waals surface area contributed by atoms with Crippen LogP contribution in [-0.2, 0) is 0 Å². The van der Waals surface area contributed by atoms with Crippen LogP contribution in [0.2, 0.25) is 5.02 Å². The Labute approximate surface area is 124 Å². The van der Waals surface area contributed by atoms with E-state index in [1.807, 2.05) is 0 Å². The van der Waals surface area contributed by atoms with E-state index in [2.05, 4.69) is 5.32 Å². The molecule has 1 aromatic carbocycles. The molecule has 0 bridgehead atoms. The highest BCUT2D eigenvalue weighted by Gasteiger charge is 2.38. The van der Waals surface area contributed by atoms with Gasteiger partial charge in [-0.15, -0.1) is 0 Å². The number of carbonyl (C=O) groups excluding carboxylic acids is 1. The molecule has 1 unspecified atom stereocenters. The number of benzene rings is 1. The molecule has 0 aromatic heterocycles. The molecule has 18 heavy (non-hydrogen) atoms. The molecule has 0 saturated carbocycles. The van der Waals surface area contributed by atoms with Crippen LogP contribution in [0.1, 0.15) is 0 Å². The maximum Gasteiger partial charge on any atom is 0.323 e. The number of amides is 2. The van der Waals surface area contributed by atoms with Crippen LogP contribution in [0, 0.1) is 0 Å². The lowest BCUT2D eigenvalue weighted by molar-refractivity contribution is 0.137. The average Bonchev–Trinajstić information content (AvgIpc) is 2.25. The summed E-state index contributed by atoms with van der Waals surface area (Å²) in [5.74, 6) is 0. The molecule has 100 valence electrons. The van der Waals surface area contributed by atoms with E-state index in [9.17, 15) is 9.18 Å². The Morgan fingerprint density at radius 3 is 2.56 bits per heavy atom. The molecule has 1 atom stereocenters. The maximum absolute atomic E-state index is 13.6. The van der Waals surface area contributed by atoms with E-state index in [0.29, 0.717) is 15.6 Å². The van der Waals surface area contributed by atoms with Gasteiger partial charge in [0, 0.05) is 17.8 Å². The number of anilines is 1. The number of halogens is 5. The van der Waals surface area contributed by atoms with E-state index in [-0.39, 0.29) is 0 Å². The second-order valence-corrected chi connectivity index (χ2v) is 6.23. The van der Waals surface area contributed by atoms with Crippen LogP contribution in [0.15, 0.2) is 24.3 Å². The van der Waals surface area contributed by atoms with Crippen LogP contribution >= 0.6 is 46.4 Å². The van der Waals surface area contributed by atoms with Crippen molar-refractivity contribution in [2.24, 2.45) is 0 Å². The number of urea groups is 1. The van der Waals surface area contributed by atoms with Crippen LogP contribution in [0.25, 0.3) is 0 Å². The zero-order chi connectivity index (χ0) is 13.9. The van der Waals surface area contributed by atoms with E-state index < -0.39 is 16.1 Å². The lowest BCUT2D eigenvalue weighted by Crippen LogP contribution is -2.44. The fourth-order valence-corrected chi connectivity index (χ4v) is 1.73. The predicted octanol–water partition coefficient (Wildman–Crippen LogP) is 4.47. The van der Waals surface area contributed by atoms with Crippen molar-refractivity contribution >= 4 is 58.1 Å². The first-order valence-electron chi connectivity index (χ1n) is 4.72. The first-order chi connectivity index (χ1) is 8.21. The number of alkyl halides is 4. The fourth-order valence-electron chi connectivity index (χ4n) is 1.10. The number of rotatable bonds is 2. The molecule has 0 spiro atoms. The number of hydrogen-bond donors (Lipinski definition) is 1. The second-order valence-electron chi connectivity index (χ2n) is 3.43. The Hall–Kier alpha value is -0.420. The Morgan fingerprint density at radius 2 is 2.06 bits per heavy atom. The largest absolute Gasteiger partial charge is 0.323 e. The molecule has 0 aliphatic rings. The first kappa shape index (κ1) is 15.6. The molecule has 0 aliphatic heterocycles. The van der Waals surface area contributed by atoms with Crippen LogP contribution in [0.3, 0.4) is 0 Å². The van der Waals surface area contributed by atoms with Gasteiger partial charge >= 0.3 is 6.03 Å². The maximum atomic E-state index is 13.6. The van der Waals surface area contributed by atoms with E-state index in [4.69, 9.17) is 46.4 Å². The summed E-state index contributed by atoms with van der Waals surface area (Å²) in [4.78, 5) is 12.3. The molecular formula is C10H9Cl4FN2O. The van der Waals surface area contributed by atoms with E-state index in [1.165, 1.54) is 13.1 Å². The summed E-state index contributed by atoms with van der Waals surface area (Å²) in [5, 5.41) is 2.86. The third-order valence-corrected chi connectivity index (χ3v) is 2.78. The zero-order valence-corrected chi connectivity index (χ0v) is 12.2. The predicted molar refractivity (Wildman–Crippen MR) is 73.4 cm³/mol. The van der Waals surface area contributed by atoms with Gasteiger partial charge in [0.1, 0.15) is 0 Å². The van der Waals surface area contributed by atoms with Crippen molar-refractivity contribution in [3.8, 4) is 0 Å². The summed E-state index contributed by atoms with van der Waals surface area (Å²) in [7, 11) is 1.17. The number of nitrogens with zero attached hydrogens (tertiary/aromatic N) is 1. The van der Waals surface area contributed by atoms with Gasteiger partial charge in [0.2, 0.25) is 10.1 Å². The van der Waals surface area contributed by atoms with Gasteiger partial charge in [-0.3, -0.25) is 4.90 Å². The molecule has 8 heteroatoms. The zero-order valence-electron chi connectivity index (χ0n) is 9.13. The van der Waals surface area contributed by atoms with Gasteiger partial charge in [0.05, 0.1) is 0 Å². The van der Waals surface area contributed by atoms with E-state index in [1.54, 1.807) is 18.2 Å². The third kappa shape index (κ3) is 4.35. The Bertz CT molecular complexity index is 438. The van der Waals surface area contributed by atoms with Crippen molar-refractivity contribution in [1.82, 2.24) is 4.90 Å². The highest BCUT2D eigenvalue weighted by molar-refractivity contribution is 6.68. The van der Waals surface area contributed by atoms with Crippen molar-refractivity contribution in [3.05, 3.63) is 29.3 Å². The number of carbonyl (C=O) groups is 1. The van der Waals surface area contributed by atoms with Crippen LogP contribution in [0.4, 0.5) is 14.9 Å². The second kappa shape index (κ2) is 6.15. The monoisotopic (exact) mass is 332 g/mol. The summed E-state index contributed by atoms with van der Waals surface area (Å²) in [6.45, 7) is 0. The molecular weight excluding hydrogens is 325 g/mol. The van der Waals surface area contributed by atoms with Crippen molar-refractivity contribution in [3.63, 3.8) is 0 Å². The smallest absolute Gasteiger partial charge is 0.308 e. The standard InChI is InChI=1S/C10H9Cl4FN2O/c1-17(8(15)10(12,13)14)9(18)16-7-4-2-3-6(11)5-7/h2-5,8H,1H3,(H,16,18). The lowest BCUT2D eigenvalue weighted by atomic mass is 10.3. The van der Waals surface area contributed by atoms with Gasteiger partial charge < -0.3 is 5.32 Å². The summed E-state index contributed by atoms with van der Waals surface area (Å²) >= 11 is 21.8. The summed E-state index contributed by atoms with van der Waals surface area (Å²) in [6, 6.07) is 5.63. The lowest BCUT2D eigenvalue weighted by Gasteiger charge is -2.26. The van der Waals surface area contributed by atoms with Crippen LogP contribution in [-0.4, -0.2) is 28.1 Å². The Balaban J connectivity index is 2.71. The topological polar surface area (TPSA) is 32.3 Å². The Kier molecular flexibility index (Phi) is 5.34. The number of nitrogens with one attached hydrogen (secondary N) is 1. The normalized spacial score (nSPS) is 13.0. The van der Waals surface area contributed by atoms with Crippen molar-refractivity contribution in [2.75, 3.05) is 12.4 Å². The van der Waals surface area contributed by atoms with Crippen molar-refractivity contribution in [2.45, 2.75) is 10.1 Å². The first-order valence-corrected chi connectivity index (χ1v) is 6.23. The quantitative estimate of drug-likeness (QED) is 0.628. The fraction of sp³-hybridized carbons (Fsp3) is 0.300. The molecule has 1 rings (SSSR count). The summed E-state index contributed by atoms with van der Waals surface area (Å²) in [5.41, 5.74) is 0.413. The molecule has 1 N–H and O–H groups in total. The van der Waals surface area contributed by atoms with Crippen molar-refractivity contribution in [1.29, 1.82) is 0 Å². The molecule has 0 radical (unpaired) electrons. The molecule has 0 fully saturated rings. The van der Waals surface area contributed by atoms with Gasteiger partial charge in [-0.05, 0) is 18.2 Å². The van der Waals surface area contributed by atoms with Gasteiger partial charge in [-0.2, -0.15) is 0 Å². The third-order valence-electron chi connectivity index (χ3n) is 2.01. The molecule has 3 nitrogen and oxygen atoms in total. The van der Waals surface area contributed by atoms with Crippen LogP contribution in [0.5, 0.6) is 0 Å². The minimum atomic E-state index is -2.21. The van der Waals surface area contributed by atoms with E-state index >= 15 is 0 Å².